The minimum atomic E-state index is -0.0720. The lowest BCUT2D eigenvalue weighted by molar-refractivity contribution is -0.141. The fraction of sp³-hybridized carbons (Fsp3) is 0.571. The fourth-order valence-corrected chi connectivity index (χ4v) is 7.07. The van der Waals surface area contributed by atoms with Crippen LogP contribution in [-0.2, 0) is 11.8 Å². The van der Waals surface area contributed by atoms with Gasteiger partial charge in [0, 0.05) is 12.5 Å². The number of carbonyl (C=O) groups is 1. The van der Waals surface area contributed by atoms with Crippen LogP contribution in [0, 0.1) is 23.2 Å². The first-order chi connectivity index (χ1) is 12.5. The molecular formula is C21H24N2O2S. The lowest BCUT2D eigenvalue weighted by Gasteiger charge is -2.56. The molecule has 26 heavy (non-hydrogen) atoms. The van der Waals surface area contributed by atoms with Crippen LogP contribution in [0.2, 0.25) is 0 Å². The van der Waals surface area contributed by atoms with Crippen LogP contribution in [0.25, 0.3) is 10.9 Å². The van der Waals surface area contributed by atoms with Crippen molar-refractivity contribution < 1.29 is 4.79 Å². The highest BCUT2D eigenvalue weighted by Gasteiger charge is 2.54. The first kappa shape index (κ1) is 16.5. The molecule has 1 heterocycles. The highest BCUT2D eigenvalue weighted by molar-refractivity contribution is 7.99. The van der Waals surface area contributed by atoms with Gasteiger partial charge in [-0.15, -0.1) is 0 Å². The van der Waals surface area contributed by atoms with E-state index in [1.807, 2.05) is 18.2 Å². The Morgan fingerprint density at radius 3 is 2.42 bits per heavy atom. The zero-order valence-corrected chi connectivity index (χ0v) is 15.9. The molecule has 0 saturated heterocycles. The van der Waals surface area contributed by atoms with E-state index < -0.39 is 0 Å². The van der Waals surface area contributed by atoms with E-state index in [-0.39, 0.29) is 11.0 Å². The lowest BCUT2D eigenvalue weighted by Crippen LogP contribution is -2.50. The smallest absolute Gasteiger partial charge is 0.261 e. The Hall–Kier alpha value is -1.62. The van der Waals surface area contributed by atoms with E-state index in [4.69, 9.17) is 0 Å². The first-order valence-corrected chi connectivity index (χ1v) is 10.6. The molecule has 6 rings (SSSR count). The van der Waals surface area contributed by atoms with Gasteiger partial charge in [-0.3, -0.25) is 14.2 Å². The molecule has 4 aliphatic carbocycles. The highest BCUT2D eigenvalue weighted by atomic mass is 32.2. The van der Waals surface area contributed by atoms with Crippen LogP contribution in [0.5, 0.6) is 0 Å². The monoisotopic (exact) mass is 368 g/mol. The van der Waals surface area contributed by atoms with Crippen molar-refractivity contribution in [3.63, 3.8) is 0 Å². The summed E-state index contributed by atoms with van der Waals surface area (Å²) in [5, 5.41) is 1.28. The molecule has 4 fully saturated rings. The molecule has 4 bridgehead atoms. The SMILES string of the molecule is Cn1c(SCC(=O)C23CC4CC(CC(C4)C2)C3)nc2ccccc2c1=O. The maximum absolute atomic E-state index is 13.2. The molecule has 1 aromatic heterocycles. The summed E-state index contributed by atoms with van der Waals surface area (Å²) in [6, 6.07) is 7.42. The third kappa shape index (κ3) is 2.55. The summed E-state index contributed by atoms with van der Waals surface area (Å²) in [6.45, 7) is 0. The molecule has 2 aromatic rings. The van der Waals surface area contributed by atoms with Gasteiger partial charge < -0.3 is 0 Å². The standard InChI is InChI=1S/C21H24N2O2S/c1-23-19(25)16-4-2-3-5-17(16)22-20(23)26-12-18(24)21-9-13-6-14(10-21)8-15(7-13)11-21/h2-5,13-15H,6-12H2,1H3. The summed E-state index contributed by atoms with van der Waals surface area (Å²) in [5.74, 6) is 3.16. The highest BCUT2D eigenvalue weighted by Crippen LogP contribution is 2.60. The van der Waals surface area contributed by atoms with Crippen molar-refractivity contribution in [2.24, 2.45) is 30.2 Å². The zero-order valence-electron chi connectivity index (χ0n) is 15.1. The Morgan fingerprint density at radius 2 is 1.77 bits per heavy atom. The predicted octanol–water partition coefficient (Wildman–Crippen LogP) is 3.81. The summed E-state index contributed by atoms with van der Waals surface area (Å²) in [7, 11) is 1.75. The summed E-state index contributed by atoms with van der Waals surface area (Å²) in [5.41, 5.74) is 0.595. The molecular weight excluding hydrogens is 344 g/mol. The van der Waals surface area contributed by atoms with E-state index >= 15 is 0 Å². The minimum Gasteiger partial charge on any atom is -0.298 e. The van der Waals surface area contributed by atoms with Crippen molar-refractivity contribution in [1.29, 1.82) is 0 Å². The quantitative estimate of drug-likeness (QED) is 0.608. The molecule has 0 atom stereocenters. The summed E-state index contributed by atoms with van der Waals surface area (Å²) in [6.07, 6.45) is 7.34. The summed E-state index contributed by atoms with van der Waals surface area (Å²) in [4.78, 5) is 30.4. The van der Waals surface area contributed by atoms with Gasteiger partial charge in [-0.2, -0.15) is 0 Å². The van der Waals surface area contributed by atoms with Crippen molar-refractivity contribution in [2.75, 3.05) is 5.75 Å². The third-order valence-electron chi connectivity index (χ3n) is 6.90. The van der Waals surface area contributed by atoms with Gasteiger partial charge in [0.2, 0.25) is 0 Å². The van der Waals surface area contributed by atoms with Crippen LogP contribution < -0.4 is 5.56 Å². The molecule has 136 valence electrons. The number of para-hydroxylation sites is 1. The molecule has 4 nitrogen and oxygen atoms in total. The van der Waals surface area contributed by atoms with Gasteiger partial charge >= 0.3 is 0 Å². The van der Waals surface area contributed by atoms with Crippen molar-refractivity contribution in [1.82, 2.24) is 9.55 Å². The Morgan fingerprint density at radius 1 is 1.15 bits per heavy atom. The number of rotatable bonds is 4. The zero-order chi connectivity index (χ0) is 17.9. The third-order valence-corrected chi connectivity index (χ3v) is 7.93. The molecule has 0 N–H and O–H groups in total. The Labute approximate surface area is 157 Å². The normalized spacial score (nSPS) is 32.3. The second-order valence-electron chi connectivity index (χ2n) is 8.69. The first-order valence-electron chi connectivity index (χ1n) is 9.66. The second-order valence-corrected chi connectivity index (χ2v) is 9.63. The van der Waals surface area contributed by atoms with Crippen LogP contribution in [0.3, 0.4) is 0 Å². The van der Waals surface area contributed by atoms with E-state index in [0.29, 0.717) is 27.6 Å². The van der Waals surface area contributed by atoms with Gasteiger partial charge in [0.25, 0.3) is 5.56 Å². The van der Waals surface area contributed by atoms with Crippen LogP contribution >= 0.6 is 11.8 Å². The number of benzene rings is 1. The molecule has 4 saturated carbocycles. The van der Waals surface area contributed by atoms with Crippen LogP contribution in [-0.4, -0.2) is 21.1 Å². The largest absolute Gasteiger partial charge is 0.298 e. The lowest BCUT2D eigenvalue weighted by atomic mass is 9.48. The van der Waals surface area contributed by atoms with Gasteiger partial charge in [-0.05, 0) is 68.4 Å². The van der Waals surface area contributed by atoms with Gasteiger partial charge in [0.15, 0.2) is 5.16 Å². The van der Waals surface area contributed by atoms with Crippen LogP contribution in [0.15, 0.2) is 34.2 Å². The van der Waals surface area contributed by atoms with Crippen molar-refractivity contribution in [3.8, 4) is 0 Å². The number of nitrogens with zero attached hydrogens (tertiary/aromatic N) is 2. The van der Waals surface area contributed by atoms with Gasteiger partial charge in [0.05, 0.1) is 16.7 Å². The number of ketones is 1. The van der Waals surface area contributed by atoms with Gasteiger partial charge in [-0.1, -0.05) is 23.9 Å². The number of aromatic nitrogens is 2. The average molecular weight is 369 g/mol. The van der Waals surface area contributed by atoms with E-state index in [1.54, 1.807) is 17.7 Å². The van der Waals surface area contributed by atoms with E-state index in [0.717, 1.165) is 37.0 Å². The van der Waals surface area contributed by atoms with Crippen molar-refractivity contribution >= 4 is 28.4 Å². The van der Waals surface area contributed by atoms with Crippen molar-refractivity contribution in [3.05, 3.63) is 34.6 Å². The van der Waals surface area contributed by atoms with Gasteiger partial charge in [-0.25, -0.2) is 4.98 Å². The van der Waals surface area contributed by atoms with Crippen LogP contribution in [0.1, 0.15) is 38.5 Å². The molecule has 0 unspecified atom stereocenters. The minimum absolute atomic E-state index is 0.0413. The topological polar surface area (TPSA) is 52.0 Å². The summed E-state index contributed by atoms with van der Waals surface area (Å²) >= 11 is 1.44. The molecule has 4 aliphatic rings. The maximum atomic E-state index is 13.2. The maximum Gasteiger partial charge on any atom is 0.261 e. The Kier molecular flexibility index (Phi) is 3.78. The predicted molar refractivity (Wildman–Crippen MR) is 103 cm³/mol. The molecule has 0 spiro atoms. The molecule has 5 heteroatoms. The second kappa shape index (κ2) is 5.95. The number of Topliss-reactive ketones (excluding diaryl/α,β-unsaturated/α-hetero) is 1. The van der Waals surface area contributed by atoms with Crippen molar-refractivity contribution in [2.45, 2.75) is 43.7 Å². The van der Waals surface area contributed by atoms with E-state index in [2.05, 4.69) is 4.98 Å². The molecule has 1 aromatic carbocycles. The Balaban J connectivity index is 1.38. The number of thioether (sulfide) groups is 1. The van der Waals surface area contributed by atoms with E-state index in [1.165, 1.54) is 31.0 Å². The Bertz CT molecular complexity index is 913. The fourth-order valence-electron chi connectivity index (χ4n) is 6.06. The number of fused-ring (bicyclic) bond motifs is 1. The average Bonchev–Trinajstić information content (AvgIpc) is 2.62. The van der Waals surface area contributed by atoms with Gasteiger partial charge in [0.1, 0.15) is 5.78 Å². The van der Waals surface area contributed by atoms with E-state index in [9.17, 15) is 9.59 Å². The number of hydrogen-bond donors (Lipinski definition) is 0. The molecule has 0 aliphatic heterocycles. The molecule has 0 radical (unpaired) electrons. The molecule has 0 amide bonds. The summed E-state index contributed by atoms with van der Waals surface area (Å²) < 4.78 is 1.58. The number of carbonyl (C=O) groups excluding carboxylic acids is 1. The van der Waals surface area contributed by atoms with Crippen LogP contribution in [0.4, 0.5) is 0 Å². The number of hydrogen-bond acceptors (Lipinski definition) is 4.